The molecule has 1 amide bonds. The number of carbonyl (C=O) groups excluding carboxylic acids is 1. The van der Waals surface area contributed by atoms with Crippen LogP contribution in [-0.4, -0.2) is 50.5 Å². The van der Waals surface area contributed by atoms with E-state index in [1.807, 2.05) is 27.0 Å². The number of rotatable bonds is 8. The number of hydrogen-bond donors (Lipinski definition) is 2. The van der Waals surface area contributed by atoms with E-state index in [9.17, 15) is 4.79 Å². The van der Waals surface area contributed by atoms with Gasteiger partial charge in [0.25, 0.3) is 0 Å². The molecule has 0 spiro atoms. The van der Waals surface area contributed by atoms with Gasteiger partial charge in [-0.3, -0.25) is 9.79 Å². The zero-order valence-electron chi connectivity index (χ0n) is 12.7. The number of nitrogens with zero attached hydrogens (tertiary/aromatic N) is 2. The van der Waals surface area contributed by atoms with Crippen LogP contribution in [0.5, 0.6) is 0 Å². The first kappa shape index (κ1) is 17.5. The highest BCUT2D eigenvalue weighted by atomic mass is 16.1. The van der Waals surface area contributed by atoms with Gasteiger partial charge in [0, 0.05) is 39.6 Å². The third kappa shape index (κ3) is 8.24. The van der Waals surface area contributed by atoms with Crippen LogP contribution in [0.3, 0.4) is 0 Å². The molecule has 0 rings (SSSR count). The summed E-state index contributed by atoms with van der Waals surface area (Å²) < 4.78 is 0. The summed E-state index contributed by atoms with van der Waals surface area (Å²) in [5, 5.41) is 6.09. The fourth-order valence-corrected chi connectivity index (χ4v) is 1.53. The highest BCUT2D eigenvalue weighted by molar-refractivity contribution is 5.80. The molecule has 0 fully saturated rings. The number of aliphatic imine (C=N–C) groups is 1. The van der Waals surface area contributed by atoms with Gasteiger partial charge in [-0.15, -0.1) is 6.58 Å². The van der Waals surface area contributed by atoms with E-state index in [0.717, 1.165) is 25.3 Å². The molecule has 19 heavy (non-hydrogen) atoms. The van der Waals surface area contributed by atoms with Crippen LogP contribution in [0.25, 0.3) is 0 Å². The normalized spacial score (nSPS) is 11.3. The Kier molecular flexibility index (Phi) is 9.57. The summed E-state index contributed by atoms with van der Waals surface area (Å²) in [5.74, 6) is 0.958. The Morgan fingerprint density at radius 2 is 2.00 bits per heavy atom. The Morgan fingerprint density at radius 3 is 2.53 bits per heavy atom. The van der Waals surface area contributed by atoms with E-state index >= 15 is 0 Å². The summed E-state index contributed by atoms with van der Waals surface area (Å²) in [6, 6.07) is 0. The van der Waals surface area contributed by atoms with Crippen LogP contribution < -0.4 is 10.6 Å². The van der Waals surface area contributed by atoms with Gasteiger partial charge in [-0.05, 0) is 12.8 Å². The highest BCUT2D eigenvalue weighted by Crippen LogP contribution is 1.94. The largest absolute Gasteiger partial charge is 0.354 e. The van der Waals surface area contributed by atoms with Gasteiger partial charge in [0.2, 0.25) is 5.91 Å². The monoisotopic (exact) mass is 268 g/mol. The first-order valence-electron chi connectivity index (χ1n) is 6.83. The van der Waals surface area contributed by atoms with Gasteiger partial charge < -0.3 is 15.5 Å². The maximum absolute atomic E-state index is 11.4. The summed E-state index contributed by atoms with van der Waals surface area (Å²) in [6.07, 6.45) is 3.99. The number of carbonyl (C=O) groups is 1. The smallest absolute Gasteiger partial charge is 0.222 e. The number of unbranched alkanes of at least 4 members (excludes halogenated alkanes) is 1. The molecule has 0 aliphatic heterocycles. The Morgan fingerprint density at radius 1 is 1.37 bits per heavy atom. The molecule has 110 valence electrons. The highest BCUT2D eigenvalue weighted by Gasteiger charge is 2.06. The Hall–Kier alpha value is -1.52. The van der Waals surface area contributed by atoms with E-state index in [-0.39, 0.29) is 11.8 Å². The summed E-state index contributed by atoms with van der Waals surface area (Å²) in [7, 11) is 3.77. The number of amides is 1. The van der Waals surface area contributed by atoms with Crippen molar-refractivity contribution in [1.29, 1.82) is 0 Å². The Labute approximate surface area is 117 Å². The van der Waals surface area contributed by atoms with Crippen molar-refractivity contribution in [2.75, 3.05) is 33.7 Å². The van der Waals surface area contributed by atoms with E-state index in [1.54, 1.807) is 7.05 Å². The fraction of sp³-hybridized carbons (Fsp3) is 0.714. The second kappa shape index (κ2) is 10.4. The predicted octanol–water partition coefficient (Wildman–Crippen LogP) is 1.23. The average Bonchev–Trinajstić information content (AvgIpc) is 2.38. The van der Waals surface area contributed by atoms with Crippen LogP contribution in [0, 0.1) is 5.92 Å². The standard InChI is InChI=1S/C14H28N4O/c1-6-7-8-11-18(5)14(15-4)17-10-9-16-13(19)12(2)3/h6,12H,1,7-11H2,2-5H3,(H,15,17)(H,16,19). The lowest BCUT2D eigenvalue weighted by Gasteiger charge is -2.22. The summed E-state index contributed by atoms with van der Waals surface area (Å²) in [5.41, 5.74) is 0. The molecule has 0 aromatic carbocycles. The zero-order chi connectivity index (χ0) is 14.7. The van der Waals surface area contributed by atoms with Gasteiger partial charge in [-0.1, -0.05) is 19.9 Å². The molecule has 0 bridgehead atoms. The molecular formula is C14H28N4O. The van der Waals surface area contributed by atoms with Gasteiger partial charge in [0.05, 0.1) is 0 Å². The van der Waals surface area contributed by atoms with Gasteiger partial charge in [-0.25, -0.2) is 0 Å². The van der Waals surface area contributed by atoms with Crippen molar-refractivity contribution in [1.82, 2.24) is 15.5 Å². The molecule has 5 heteroatoms. The third-order valence-corrected chi connectivity index (χ3v) is 2.71. The maximum atomic E-state index is 11.4. The van der Waals surface area contributed by atoms with Crippen LogP contribution >= 0.6 is 0 Å². The molecule has 0 aromatic rings. The van der Waals surface area contributed by atoms with Gasteiger partial charge >= 0.3 is 0 Å². The van der Waals surface area contributed by atoms with Crippen molar-refractivity contribution >= 4 is 11.9 Å². The molecule has 0 aromatic heterocycles. The van der Waals surface area contributed by atoms with Crippen LogP contribution in [0.4, 0.5) is 0 Å². The number of nitrogens with one attached hydrogen (secondary N) is 2. The number of guanidine groups is 1. The lowest BCUT2D eigenvalue weighted by molar-refractivity contribution is -0.123. The SMILES string of the molecule is C=CCCCN(C)C(=NC)NCCNC(=O)C(C)C. The topological polar surface area (TPSA) is 56.7 Å². The molecule has 0 unspecified atom stereocenters. The second-order valence-corrected chi connectivity index (χ2v) is 4.77. The summed E-state index contributed by atoms with van der Waals surface area (Å²) in [4.78, 5) is 17.7. The van der Waals surface area contributed by atoms with Gasteiger partial charge in [0.15, 0.2) is 5.96 Å². The first-order valence-corrected chi connectivity index (χ1v) is 6.83. The molecule has 0 saturated carbocycles. The number of hydrogen-bond acceptors (Lipinski definition) is 2. The minimum absolute atomic E-state index is 0.0286. The first-order chi connectivity index (χ1) is 9.02. The molecule has 0 heterocycles. The molecule has 0 radical (unpaired) electrons. The van der Waals surface area contributed by atoms with Crippen LogP contribution in [0.1, 0.15) is 26.7 Å². The van der Waals surface area contributed by atoms with Crippen molar-refractivity contribution in [2.24, 2.45) is 10.9 Å². The van der Waals surface area contributed by atoms with Crippen molar-refractivity contribution in [3.63, 3.8) is 0 Å². The number of allylic oxidation sites excluding steroid dienone is 1. The summed E-state index contributed by atoms with van der Waals surface area (Å²) in [6.45, 7) is 9.70. The second-order valence-electron chi connectivity index (χ2n) is 4.77. The minimum atomic E-state index is 0.0286. The van der Waals surface area contributed by atoms with Crippen molar-refractivity contribution in [2.45, 2.75) is 26.7 Å². The van der Waals surface area contributed by atoms with Crippen molar-refractivity contribution in [3.8, 4) is 0 Å². The van der Waals surface area contributed by atoms with Crippen molar-refractivity contribution < 1.29 is 4.79 Å². The molecule has 0 saturated heterocycles. The third-order valence-electron chi connectivity index (χ3n) is 2.71. The van der Waals surface area contributed by atoms with E-state index in [4.69, 9.17) is 0 Å². The lowest BCUT2D eigenvalue weighted by Crippen LogP contribution is -2.43. The van der Waals surface area contributed by atoms with Gasteiger partial charge in [-0.2, -0.15) is 0 Å². The van der Waals surface area contributed by atoms with Crippen LogP contribution in [0.2, 0.25) is 0 Å². The van der Waals surface area contributed by atoms with E-state index in [2.05, 4.69) is 27.1 Å². The van der Waals surface area contributed by atoms with Crippen LogP contribution in [0.15, 0.2) is 17.6 Å². The minimum Gasteiger partial charge on any atom is -0.354 e. The zero-order valence-corrected chi connectivity index (χ0v) is 12.7. The maximum Gasteiger partial charge on any atom is 0.222 e. The average molecular weight is 268 g/mol. The van der Waals surface area contributed by atoms with E-state index in [0.29, 0.717) is 13.1 Å². The quantitative estimate of drug-likeness (QED) is 0.301. The van der Waals surface area contributed by atoms with E-state index in [1.165, 1.54) is 0 Å². The molecule has 0 aliphatic rings. The lowest BCUT2D eigenvalue weighted by atomic mass is 10.2. The van der Waals surface area contributed by atoms with Crippen LogP contribution in [-0.2, 0) is 4.79 Å². The molecule has 2 N–H and O–H groups in total. The Balaban J connectivity index is 3.87. The fourth-order valence-electron chi connectivity index (χ4n) is 1.53. The molecular weight excluding hydrogens is 240 g/mol. The summed E-state index contributed by atoms with van der Waals surface area (Å²) >= 11 is 0. The van der Waals surface area contributed by atoms with Gasteiger partial charge in [0.1, 0.15) is 0 Å². The Bertz CT molecular complexity index is 300. The molecule has 0 aliphatic carbocycles. The molecule has 0 atom stereocenters. The predicted molar refractivity (Wildman–Crippen MR) is 81.3 cm³/mol. The van der Waals surface area contributed by atoms with E-state index < -0.39 is 0 Å². The molecule has 5 nitrogen and oxygen atoms in total. The van der Waals surface area contributed by atoms with Crippen molar-refractivity contribution in [3.05, 3.63) is 12.7 Å².